The van der Waals surface area contributed by atoms with E-state index >= 15 is 0 Å². The van der Waals surface area contributed by atoms with Crippen molar-refractivity contribution in [2.45, 2.75) is 20.0 Å². The third-order valence-electron chi connectivity index (χ3n) is 5.45. The number of benzene rings is 3. The van der Waals surface area contributed by atoms with Crippen molar-refractivity contribution < 1.29 is 14.3 Å². The number of amidine groups is 1. The lowest BCUT2D eigenvalue weighted by atomic mass is 10.1. The number of nitrogens with zero attached hydrogens (tertiary/aromatic N) is 3. The topological polar surface area (TPSA) is 74.9 Å². The third kappa shape index (κ3) is 6.28. The van der Waals surface area contributed by atoms with Gasteiger partial charge in [0, 0.05) is 17.1 Å². The summed E-state index contributed by atoms with van der Waals surface area (Å²) in [6.45, 7) is 2.72. The fraction of sp³-hybridized carbons (Fsp3) is 0.179. The number of nitriles is 1. The number of thioether (sulfide) groups is 1. The van der Waals surface area contributed by atoms with Crippen LogP contribution in [0.5, 0.6) is 11.5 Å². The fourth-order valence-corrected chi connectivity index (χ4v) is 5.08. The highest BCUT2D eigenvalue weighted by atomic mass is 35.5. The summed E-state index contributed by atoms with van der Waals surface area (Å²) in [6.07, 6.45) is 2.56. The van der Waals surface area contributed by atoms with Gasteiger partial charge in [-0.1, -0.05) is 48.3 Å². The van der Waals surface area contributed by atoms with E-state index in [1.165, 1.54) is 18.9 Å². The zero-order valence-electron chi connectivity index (χ0n) is 20.2. The second-order valence-corrected chi connectivity index (χ2v) is 9.88. The summed E-state index contributed by atoms with van der Waals surface area (Å²) in [5.41, 5.74) is 2.67. The summed E-state index contributed by atoms with van der Waals surface area (Å²) in [5.74, 6) is 0.662. The van der Waals surface area contributed by atoms with Crippen LogP contribution in [-0.2, 0) is 11.4 Å². The van der Waals surface area contributed by atoms with Crippen LogP contribution in [0.2, 0.25) is 10.0 Å². The zero-order valence-corrected chi connectivity index (χ0v) is 22.5. The molecule has 0 aromatic heterocycles. The summed E-state index contributed by atoms with van der Waals surface area (Å²) < 4.78 is 11.5. The number of ether oxygens (including phenoxy) is 2. The fourth-order valence-electron chi connectivity index (χ4n) is 3.66. The molecule has 37 heavy (non-hydrogen) atoms. The number of aliphatic imine (C=N–C) groups is 1. The summed E-state index contributed by atoms with van der Waals surface area (Å²) in [6, 6.07) is 20.0. The summed E-state index contributed by atoms with van der Waals surface area (Å²) in [4.78, 5) is 20.1. The maximum Gasteiger partial charge on any atom is 0.266 e. The van der Waals surface area contributed by atoms with Gasteiger partial charge in [0.05, 0.1) is 34.4 Å². The van der Waals surface area contributed by atoms with E-state index in [0.717, 1.165) is 12.0 Å². The van der Waals surface area contributed by atoms with E-state index < -0.39 is 0 Å². The molecule has 9 heteroatoms. The molecule has 0 aliphatic carbocycles. The molecule has 4 rings (SSSR count). The van der Waals surface area contributed by atoms with Gasteiger partial charge in [0.1, 0.15) is 6.61 Å². The van der Waals surface area contributed by atoms with Crippen molar-refractivity contribution >= 4 is 57.8 Å². The van der Waals surface area contributed by atoms with Crippen molar-refractivity contribution in [3.8, 4) is 17.6 Å². The molecule has 0 saturated carbocycles. The largest absolute Gasteiger partial charge is 0.493 e. The average molecular weight is 552 g/mol. The van der Waals surface area contributed by atoms with Crippen molar-refractivity contribution in [2.24, 2.45) is 4.99 Å². The molecule has 3 aromatic carbocycles. The zero-order chi connectivity index (χ0) is 26.4. The Morgan fingerprint density at radius 2 is 1.89 bits per heavy atom. The van der Waals surface area contributed by atoms with Gasteiger partial charge < -0.3 is 9.47 Å². The predicted octanol–water partition coefficient (Wildman–Crippen LogP) is 7.47. The lowest BCUT2D eigenvalue weighted by Crippen LogP contribution is -2.29. The Morgan fingerprint density at radius 3 is 2.59 bits per heavy atom. The van der Waals surface area contributed by atoms with Gasteiger partial charge in [-0.15, -0.1) is 0 Å². The van der Waals surface area contributed by atoms with Gasteiger partial charge in [0.25, 0.3) is 5.91 Å². The van der Waals surface area contributed by atoms with Crippen LogP contribution in [0.25, 0.3) is 6.08 Å². The molecule has 1 aliphatic rings. The number of hydrogen-bond acceptors (Lipinski definition) is 6. The number of methoxy groups -OCH3 is 1. The van der Waals surface area contributed by atoms with Crippen molar-refractivity contribution in [1.29, 1.82) is 5.26 Å². The second kappa shape index (κ2) is 12.2. The SMILES string of the molecule is CCCN1C(=O)/C(=C/c2cc(Cl)c(OCc3ccccc3C#N)c(OC)c2)SC1=Nc1ccc(Cl)cc1. The van der Waals surface area contributed by atoms with Crippen LogP contribution in [0.3, 0.4) is 0 Å². The van der Waals surface area contributed by atoms with Crippen molar-refractivity contribution in [3.63, 3.8) is 0 Å². The molecule has 0 atom stereocenters. The number of amides is 1. The molecule has 3 aromatic rings. The van der Waals surface area contributed by atoms with Gasteiger partial charge in [-0.25, -0.2) is 4.99 Å². The lowest BCUT2D eigenvalue weighted by molar-refractivity contribution is -0.122. The van der Waals surface area contributed by atoms with E-state index in [9.17, 15) is 10.1 Å². The van der Waals surface area contributed by atoms with E-state index in [0.29, 0.717) is 55.0 Å². The second-order valence-electron chi connectivity index (χ2n) is 8.03. The Bertz CT molecular complexity index is 1420. The van der Waals surface area contributed by atoms with Gasteiger partial charge >= 0.3 is 0 Å². The third-order valence-corrected chi connectivity index (χ3v) is 6.99. The van der Waals surface area contributed by atoms with Gasteiger partial charge in [-0.2, -0.15) is 5.26 Å². The predicted molar refractivity (Wildman–Crippen MR) is 150 cm³/mol. The number of rotatable bonds is 8. The van der Waals surface area contributed by atoms with Gasteiger partial charge in [-0.05, 0) is 72.3 Å². The van der Waals surface area contributed by atoms with Gasteiger partial charge in [0.15, 0.2) is 16.7 Å². The molecule has 6 nitrogen and oxygen atoms in total. The molecule has 0 spiro atoms. The molecular formula is C28H23Cl2N3O3S. The summed E-state index contributed by atoms with van der Waals surface area (Å²) >= 11 is 13.9. The number of carbonyl (C=O) groups is 1. The highest BCUT2D eigenvalue weighted by molar-refractivity contribution is 8.18. The molecular weight excluding hydrogens is 529 g/mol. The summed E-state index contributed by atoms with van der Waals surface area (Å²) in [7, 11) is 1.52. The molecule has 1 amide bonds. The molecule has 1 fully saturated rings. The van der Waals surface area contributed by atoms with Crippen molar-refractivity contribution in [2.75, 3.05) is 13.7 Å². The van der Waals surface area contributed by atoms with Crippen molar-refractivity contribution in [1.82, 2.24) is 4.90 Å². The van der Waals surface area contributed by atoms with Crippen LogP contribution in [0.15, 0.2) is 70.6 Å². The molecule has 0 unspecified atom stereocenters. The van der Waals surface area contributed by atoms with Crippen LogP contribution in [0.4, 0.5) is 5.69 Å². The van der Waals surface area contributed by atoms with Gasteiger partial charge in [0.2, 0.25) is 0 Å². The van der Waals surface area contributed by atoms with Crippen LogP contribution in [0, 0.1) is 11.3 Å². The Labute approximate surface area is 230 Å². The monoisotopic (exact) mass is 551 g/mol. The first-order valence-corrected chi connectivity index (χ1v) is 13.0. The lowest BCUT2D eigenvalue weighted by Gasteiger charge is -2.14. The van der Waals surface area contributed by atoms with E-state index in [-0.39, 0.29) is 12.5 Å². The smallest absolute Gasteiger partial charge is 0.266 e. The molecule has 1 saturated heterocycles. The van der Waals surface area contributed by atoms with E-state index in [2.05, 4.69) is 11.1 Å². The first-order valence-electron chi connectivity index (χ1n) is 11.5. The molecule has 0 bridgehead atoms. The molecule has 1 heterocycles. The van der Waals surface area contributed by atoms with Crippen LogP contribution in [0.1, 0.15) is 30.0 Å². The number of carbonyl (C=O) groups excluding carboxylic acids is 1. The molecule has 1 aliphatic heterocycles. The maximum absolute atomic E-state index is 13.2. The minimum absolute atomic E-state index is 0.122. The standard InChI is InChI=1S/C28H23Cl2N3O3S/c1-3-12-33-27(34)25(37-28(33)32-22-10-8-21(29)9-11-22)15-18-13-23(30)26(24(14-18)35-2)36-17-20-7-5-4-6-19(20)16-31/h4-11,13-15H,3,12,17H2,1-2H3/b25-15-,32-28?. The molecule has 188 valence electrons. The minimum atomic E-state index is -0.122. The quantitative estimate of drug-likeness (QED) is 0.271. The Hall–Kier alpha value is -3.44. The van der Waals surface area contributed by atoms with E-state index in [4.69, 9.17) is 32.7 Å². The normalized spacial score (nSPS) is 15.3. The first kappa shape index (κ1) is 26.6. The number of halogens is 2. The van der Waals surface area contributed by atoms with Crippen LogP contribution < -0.4 is 9.47 Å². The van der Waals surface area contributed by atoms with E-state index in [1.807, 2.05) is 31.2 Å². The average Bonchev–Trinajstić information content (AvgIpc) is 3.18. The van der Waals surface area contributed by atoms with Crippen LogP contribution in [-0.4, -0.2) is 29.6 Å². The number of hydrogen-bond donors (Lipinski definition) is 0. The summed E-state index contributed by atoms with van der Waals surface area (Å²) in [5, 5.41) is 10.9. The van der Waals surface area contributed by atoms with Crippen LogP contribution >= 0.6 is 35.0 Å². The Kier molecular flexibility index (Phi) is 8.78. The first-order chi connectivity index (χ1) is 17.9. The Balaban J connectivity index is 1.61. The molecule has 0 N–H and O–H groups in total. The highest BCUT2D eigenvalue weighted by Crippen LogP contribution is 2.40. The minimum Gasteiger partial charge on any atom is -0.493 e. The van der Waals surface area contributed by atoms with E-state index in [1.54, 1.807) is 47.4 Å². The maximum atomic E-state index is 13.2. The van der Waals surface area contributed by atoms with Gasteiger partial charge in [-0.3, -0.25) is 9.69 Å². The Morgan fingerprint density at radius 1 is 1.14 bits per heavy atom. The van der Waals surface area contributed by atoms with Crippen molar-refractivity contribution in [3.05, 3.63) is 92.3 Å². The molecule has 0 radical (unpaired) electrons. The highest BCUT2D eigenvalue weighted by Gasteiger charge is 2.33.